The minimum Gasteiger partial charge on any atom is -0.331 e. The molecule has 1 aliphatic rings. The van der Waals surface area contributed by atoms with Gasteiger partial charge in [0.2, 0.25) is 11.8 Å². The molecule has 8 nitrogen and oxygen atoms in total. The van der Waals surface area contributed by atoms with Gasteiger partial charge in [-0.05, 0) is 12.8 Å². The van der Waals surface area contributed by atoms with Crippen LogP contribution in [-0.2, 0) is 9.59 Å². The van der Waals surface area contributed by atoms with Gasteiger partial charge in [-0.25, -0.2) is 14.5 Å². The maximum absolute atomic E-state index is 12.4. The Morgan fingerprint density at radius 1 is 1.13 bits per heavy atom. The van der Waals surface area contributed by atoms with Crippen LogP contribution < -0.4 is 0 Å². The molecule has 1 atom stereocenters. The highest BCUT2D eigenvalue weighted by Gasteiger charge is 2.42. The molecule has 0 spiro atoms. The molecule has 0 bridgehead atoms. The van der Waals surface area contributed by atoms with Gasteiger partial charge in [0.25, 0.3) is 0 Å². The second-order valence-corrected chi connectivity index (χ2v) is 5.94. The number of nitrogens with zero attached hydrogens (tertiary/aromatic N) is 4. The summed E-state index contributed by atoms with van der Waals surface area (Å²) in [4.78, 5) is 53.2. The monoisotopic (exact) mass is 326 g/mol. The molecule has 8 heteroatoms. The van der Waals surface area contributed by atoms with Crippen molar-refractivity contribution in [3.05, 3.63) is 0 Å². The SMILES string of the molecule is CCCCCC(N(C)C(=O)N(C)C)N1C(=O)CC(=O)N(C)C1=O. The van der Waals surface area contributed by atoms with E-state index in [0.29, 0.717) is 6.42 Å². The Morgan fingerprint density at radius 2 is 1.74 bits per heavy atom. The highest BCUT2D eigenvalue weighted by atomic mass is 16.2. The lowest BCUT2D eigenvalue weighted by Gasteiger charge is -2.40. The summed E-state index contributed by atoms with van der Waals surface area (Å²) < 4.78 is 0. The Bertz CT molecular complexity index is 492. The number of amides is 6. The summed E-state index contributed by atoms with van der Waals surface area (Å²) in [5, 5.41) is 0. The van der Waals surface area contributed by atoms with Crippen LogP contribution in [0.25, 0.3) is 0 Å². The summed E-state index contributed by atoms with van der Waals surface area (Å²) in [6.45, 7) is 2.05. The number of hydrogen-bond donors (Lipinski definition) is 0. The second-order valence-electron chi connectivity index (χ2n) is 5.94. The first-order valence-electron chi connectivity index (χ1n) is 7.79. The standard InChI is InChI=1S/C15H26N4O4/c1-6-7-8-9-11(17(4)14(22)16(2)3)19-13(21)10-12(20)18(5)15(19)23/h11H,6-10H2,1-5H3. The van der Waals surface area contributed by atoms with Gasteiger partial charge in [0.05, 0.1) is 0 Å². The molecule has 0 aromatic heterocycles. The Labute approximate surface area is 137 Å². The first-order valence-corrected chi connectivity index (χ1v) is 7.79. The van der Waals surface area contributed by atoms with E-state index in [4.69, 9.17) is 0 Å². The minimum atomic E-state index is -0.688. The topological polar surface area (TPSA) is 81.2 Å². The fourth-order valence-corrected chi connectivity index (χ4v) is 2.52. The molecule has 0 saturated carbocycles. The molecule has 0 aromatic carbocycles. The summed E-state index contributed by atoms with van der Waals surface area (Å²) in [5.74, 6) is -1.08. The predicted octanol–water partition coefficient (Wildman–Crippen LogP) is 1.32. The number of carbonyl (C=O) groups is 4. The van der Waals surface area contributed by atoms with Crippen molar-refractivity contribution in [2.45, 2.75) is 45.2 Å². The van der Waals surface area contributed by atoms with Crippen molar-refractivity contribution >= 4 is 23.9 Å². The minimum absolute atomic E-state index is 0.299. The lowest BCUT2D eigenvalue weighted by Crippen LogP contribution is -2.62. The molecule has 1 heterocycles. The van der Waals surface area contributed by atoms with E-state index in [2.05, 4.69) is 0 Å². The van der Waals surface area contributed by atoms with Crippen molar-refractivity contribution in [2.24, 2.45) is 0 Å². The number of hydrogen-bond acceptors (Lipinski definition) is 4. The quantitative estimate of drug-likeness (QED) is 0.544. The average Bonchev–Trinajstić information content (AvgIpc) is 2.49. The number of unbranched alkanes of at least 4 members (excludes halogenated alkanes) is 2. The second kappa shape index (κ2) is 7.94. The van der Waals surface area contributed by atoms with Crippen LogP contribution in [0.3, 0.4) is 0 Å². The zero-order valence-corrected chi connectivity index (χ0v) is 14.5. The molecular weight excluding hydrogens is 300 g/mol. The molecular formula is C15H26N4O4. The number of rotatable bonds is 6. The van der Waals surface area contributed by atoms with Crippen molar-refractivity contribution in [1.29, 1.82) is 0 Å². The molecule has 23 heavy (non-hydrogen) atoms. The van der Waals surface area contributed by atoms with Gasteiger partial charge in [0, 0.05) is 28.2 Å². The maximum Gasteiger partial charge on any atom is 0.334 e. The molecule has 0 radical (unpaired) electrons. The van der Waals surface area contributed by atoms with Crippen molar-refractivity contribution in [3.8, 4) is 0 Å². The van der Waals surface area contributed by atoms with E-state index in [9.17, 15) is 19.2 Å². The third kappa shape index (κ3) is 4.20. The van der Waals surface area contributed by atoms with Crippen LogP contribution in [0.4, 0.5) is 9.59 Å². The number of imide groups is 2. The molecule has 6 amide bonds. The van der Waals surface area contributed by atoms with E-state index in [1.165, 1.54) is 16.8 Å². The molecule has 1 saturated heterocycles. The predicted molar refractivity (Wildman–Crippen MR) is 84.4 cm³/mol. The summed E-state index contributed by atoms with van der Waals surface area (Å²) in [5.41, 5.74) is 0. The van der Waals surface area contributed by atoms with Crippen LogP contribution in [0.15, 0.2) is 0 Å². The summed E-state index contributed by atoms with van der Waals surface area (Å²) in [7, 11) is 6.13. The maximum atomic E-state index is 12.4. The van der Waals surface area contributed by atoms with Gasteiger partial charge in [-0.1, -0.05) is 19.8 Å². The van der Waals surface area contributed by atoms with Gasteiger partial charge < -0.3 is 9.80 Å². The van der Waals surface area contributed by atoms with Crippen LogP contribution in [-0.4, -0.2) is 77.8 Å². The van der Waals surface area contributed by atoms with Gasteiger partial charge in [-0.15, -0.1) is 0 Å². The van der Waals surface area contributed by atoms with Gasteiger partial charge in [0.1, 0.15) is 12.6 Å². The fourth-order valence-electron chi connectivity index (χ4n) is 2.52. The smallest absolute Gasteiger partial charge is 0.331 e. The first-order chi connectivity index (χ1) is 10.7. The van der Waals surface area contributed by atoms with Crippen LogP contribution in [0.1, 0.15) is 39.0 Å². The highest BCUT2D eigenvalue weighted by molar-refractivity contribution is 6.14. The first kappa shape index (κ1) is 18.9. The Hall–Kier alpha value is -2.12. The third-order valence-electron chi connectivity index (χ3n) is 3.93. The van der Waals surface area contributed by atoms with Crippen LogP contribution >= 0.6 is 0 Å². The van der Waals surface area contributed by atoms with Crippen LogP contribution in [0.2, 0.25) is 0 Å². The highest BCUT2D eigenvalue weighted by Crippen LogP contribution is 2.21. The third-order valence-corrected chi connectivity index (χ3v) is 3.93. The molecule has 1 unspecified atom stereocenters. The van der Waals surface area contributed by atoms with Crippen LogP contribution in [0, 0.1) is 0 Å². The fraction of sp³-hybridized carbons (Fsp3) is 0.733. The lowest BCUT2D eigenvalue weighted by atomic mass is 10.1. The molecule has 1 rings (SSSR count). The number of urea groups is 2. The van der Waals surface area contributed by atoms with E-state index in [1.54, 1.807) is 21.1 Å². The zero-order valence-electron chi connectivity index (χ0n) is 14.5. The molecule has 0 aromatic rings. The normalized spacial score (nSPS) is 16.7. The Kier molecular flexibility index (Phi) is 6.53. The largest absolute Gasteiger partial charge is 0.334 e. The Morgan fingerprint density at radius 3 is 2.26 bits per heavy atom. The van der Waals surface area contributed by atoms with Crippen LogP contribution in [0.5, 0.6) is 0 Å². The number of barbiturate groups is 1. The van der Waals surface area contributed by atoms with E-state index in [1.807, 2.05) is 6.92 Å². The summed E-state index contributed by atoms with van der Waals surface area (Å²) in [6, 6.07) is -0.974. The zero-order chi connectivity index (χ0) is 17.7. The van der Waals surface area contributed by atoms with E-state index >= 15 is 0 Å². The van der Waals surface area contributed by atoms with Crippen molar-refractivity contribution in [3.63, 3.8) is 0 Å². The molecule has 1 fully saturated rings. The van der Waals surface area contributed by atoms with Gasteiger partial charge in [-0.2, -0.15) is 0 Å². The van der Waals surface area contributed by atoms with Gasteiger partial charge >= 0.3 is 12.1 Å². The molecule has 1 aliphatic heterocycles. The van der Waals surface area contributed by atoms with E-state index < -0.39 is 24.0 Å². The van der Waals surface area contributed by atoms with E-state index in [-0.39, 0.29) is 12.5 Å². The Balaban J connectivity index is 3.06. The molecule has 0 N–H and O–H groups in total. The lowest BCUT2D eigenvalue weighted by molar-refractivity contribution is -0.145. The van der Waals surface area contributed by atoms with Gasteiger partial charge in [0.15, 0.2) is 0 Å². The summed E-state index contributed by atoms with van der Waals surface area (Å²) >= 11 is 0. The van der Waals surface area contributed by atoms with E-state index in [0.717, 1.165) is 29.1 Å². The number of carbonyl (C=O) groups excluding carboxylic acids is 4. The van der Waals surface area contributed by atoms with Crippen molar-refractivity contribution < 1.29 is 19.2 Å². The molecule has 130 valence electrons. The van der Waals surface area contributed by atoms with Crippen molar-refractivity contribution in [2.75, 3.05) is 28.2 Å². The molecule has 0 aliphatic carbocycles. The summed E-state index contributed by atoms with van der Waals surface area (Å²) in [6.07, 6.45) is 2.15. The average molecular weight is 326 g/mol. The van der Waals surface area contributed by atoms with Crippen molar-refractivity contribution in [1.82, 2.24) is 19.6 Å². The van der Waals surface area contributed by atoms with Gasteiger partial charge in [-0.3, -0.25) is 14.5 Å².